The van der Waals surface area contributed by atoms with Crippen LogP contribution in [-0.4, -0.2) is 15.3 Å². The molecule has 3 heteroatoms. The first-order valence-electron chi connectivity index (χ1n) is 11.7. The number of benzene rings is 3. The van der Waals surface area contributed by atoms with Crippen LogP contribution >= 0.6 is 0 Å². The van der Waals surface area contributed by atoms with Crippen LogP contribution in [0.2, 0.25) is 0 Å². The second-order valence-corrected chi connectivity index (χ2v) is 10.9. The van der Waals surface area contributed by atoms with E-state index in [0.717, 1.165) is 29.5 Å². The van der Waals surface area contributed by atoms with Crippen molar-refractivity contribution in [2.75, 3.05) is 0 Å². The Hall–Kier alpha value is -2.94. The number of hydrogen-bond acceptors (Lipinski definition) is 3. The molecule has 176 valence electrons. The van der Waals surface area contributed by atoms with Crippen molar-refractivity contribution in [1.29, 1.82) is 0 Å². The van der Waals surface area contributed by atoms with E-state index >= 15 is 0 Å². The first kappa shape index (κ1) is 24.7. The van der Waals surface area contributed by atoms with Gasteiger partial charge in [-0.05, 0) is 102 Å². The van der Waals surface area contributed by atoms with E-state index in [9.17, 15) is 15.3 Å². The molecule has 0 fully saturated rings. The number of phenolic OH excluding ortho intramolecular Hbond substituents is 3. The van der Waals surface area contributed by atoms with Gasteiger partial charge in [-0.1, -0.05) is 64.1 Å². The predicted molar refractivity (Wildman–Crippen MR) is 137 cm³/mol. The molecule has 0 unspecified atom stereocenters. The summed E-state index contributed by atoms with van der Waals surface area (Å²) < 4.78 is 0. The fourth-order valence-corrected chi connectivity index (χ4v) is 4.86. The van der Waals surface area contributed by atoms with E-state index in [1.54, 1.807) is 18.2 Å². The highest BCUT2D eigenvalue weighted by Crippen LogP contribution is 2.44. The molecule has 0 aliphatic carbocycles. The average Bonchev–Trinajstić information content (AvgIpc) is 2.73. The number of aromatic hydroxyl groups is 3. The predicted octanol–water partition coefficient (Wildman–Crippen LogP) is 7.55. The van der Waals surface area contributed by atoms with Crippen molar-refractivity contribution in [2.45, 2.75) is 78.1 Å². The van der Waals surface area contributed by atoms with Gasteiger partial charge in [-0.3, -0.25) is 0 Å². The average molecular weight is 447 g/mol. The molecule has 3 rings (SSSR count). The minimum absolute atomic E-state index is 0.115. The van der Waals surface area contributed by atoms with Gasteiger partial charge in [0.1, 0.15) is 17.2 Å². The smallest absolute Gasteiger partial charge is 0.118 e. The zero-order valence-corrected chi connectivity index (χ0v) is 21.0. The highest BCUT2D eigenvalue weighted by Gasteiger charge is 2.32. The van der Waals surface area contributed by atoms with Gasteiger partial charge in [0, 0.05) is 0 Å². The van der Waals surface area contributed by atoms with Gasteiger partial charge in [-0.2, -0.15) is 0 Å². The largest absolute Gasteiger partial charge is 0.508 e. The molecule has 0 saturated heterocycles. The van der Waals surface area contributed by atoms with Crippen LogP contribution in [0.15, 0.2) is 54.6 Å². The van der Waals surface area contributed by atoms with Gasteiger partial charge in [0.25, 0.3) is 0 Å². The van der Waals surface area contributed by atoms with Crippen molar-refractivity contribution < 1.29 is 15.3 Å². The number of hydrogen-bond donors (Lipinski definition) is 3. The molecule has 0 aromatic heterocycles. The maximum atomic E-state index is 10.1. The van der Waals surface area contributed by atoms with Crippen molar-refractivity contribution >= 4 is 0 Å². The van der Waals surface area contributed by atoms with Gasteiger partial charge in [0.05, 0.1) is 0 Å². The Labute approximate surface area is 198 Å². The summed E-state index contributed by atoms with van der Waals surface area (Å²) in [4.78, 5) is 0. The molecular formula is C30H38O3. The molecule has 0 heterocycles. The Balaban J connectivity index is 2.01. The minimum Gasteiger partial charge on any atom is -0.508 e. The Morgan fingerprint density at radius 2 is 0.939 bits per heavy atom. The molecule has 0 aliphatic rings. The molecule has 33 heavy (non-hydrogen) atoms. The van der Waals surface area contributed by atoms with Gasteiger partial charge >= 0.3 is 0 Å². The van der Waals surface area contributed by atoms with Crippen molar-refractivity contribution in [1.82, 2.24) is 0 Å². The highest BCUT2D eigenvalue weighted by atomic mass is 16.3. The molecule has 3 aromatic rings. The molecule has 0 spiro atoms. The van der Waals surface area contributed by atoms with E-state index in [1.807, 2.05) is 39.0 Å². The molecule has 3 aromatic carbocycles. The fourth-order valence-electron chi connectivity index (χ4n) is 4.86. The van der Waals surface area contributed by atoms with Crippen molar-refractivity contribution in [3.63, 3.8) is 0 Å². The van der Waals surface area contributed by atoms with Crippen LogP contribution in [0.4, 0.5) is 0 Å². The fraction of sp³-hybridized carbons (Fsp3) is 0.400. The summed E-state index contributed by atoms with van der Waals surface area (Å²) in [6, 6.07) is 17.7. The zero-order valence-electron chi connectivity index (χ0n) is 21.0. The molecule has 0 bridgehead atoms. The van der Waals surface area contributed by atoms with Gasteiger partial charge < -0.3 is 15.3 Å². The molecule has 3 nitrogen and oxygen atoms in total. The number of aryl methyl sites for hydroxylation is 3. The Kier molecular flexibility index (Phi) is 6.83. The van der Waals surface area contributed by atoms with E-state index < -0.39 is 0 Å². The number of phenols is 3. The minimum atomic E-state index is -0.115. The molecular weight excluding hydrogens is 408 g/mol. The first-order valence-corrected chi connectivity index (χ1v) is 11.7. The molecule has 0 atom stereocenters. The van der Waals surface area contributed by atoms with Crippen LogP contribution < -0.4 is 0 Å². The maximum Gasteiger partial charge on any atom is 0.118 e. The molecule has 3 N–H and O–H groups in total. The second-order valence-electron chi connectivity index (χ2n) is 10.9. The molecule has 0 aliphatic heterocycles. The van der Waals surface area contributed by atoms with E-state index in [1.165, 1.54) is 16.7 Å². The third-order valence-corrected chi connectivity index (χ3v) is 7.16. The van der Waals surface area contributed by atoms with Gasteiger partial charge in [-0.15, -0.1) is 0 Å². The third-order valence-electron chi connectivity index (χ3n) is 7.16. The second kappa shape index (κ2) is 9.13. The SMILES string of the molecule is Cc1cc(C(CC(C)(C)c2ccc(O)c(C)c2)CC(C)(C)c2ccc(O)c(C)c2)ccc1O. The van der Waals surface area contributed by atoms with Crippen molar-refractivity contribution in [3.05, 3.63) is 88.0 Å². The standard InChI is InChI=1S/C30H38O3/c1-19-14-22(8-11-26(19)31)23(17-29(4,5)24-9-12-27(32)20(2)15-24)18-30(6,7)25-10-13-28(33)21(3)16-25/h8-16,23,31-33H,17-18H2,1-7H3. The monoisotopic (exact) mass is 446 g/mol. The lowest BCUT2D eigenvalue weighted by atomic mass is 9.68. The number of rotatable bonds is 7. The van der Waals surface area contributed by atoms with Gasteiger partial charge in [-0.25, -0.2) is 0 Å². The van der Waals surface area contributed by atoms with Gasteiger partial charge in [0.15, 0.2) is 0 Å². The summed E-state index contributed by atoms with van der Waals surface area (Å²) in [5.41, 5.74) is 6.06. The lowest BCUT2D eigenvalue weighted by Crippen LogP contribution is -2.27. The Bertz CT molecular complexity index is 1080. The van der Waals surface area contributed by atoms with E-state index in [2.05, 4.69) is 45.9 Å². The van der Waals surface area contributed by atoms with E-state index in [0.29, 0.717) is 17.2 Å². The van der Waals surface area contributed by atoms with E-state index in [4.69, 9.17) is 0 Å². The van der Waals surface area contributed by atoms with Crippen molar-refractivity contribution in [3.8, 4) is 17.2 Å². The maximum absolute atomic E-state index is 10.1. The summed E-state index contributed by atoms with van der Waals surface area (Å²) in [7, 11) is 0. The van der Waals surface area contributed by atoms with Crippen LogP contribution in [0.25, 0.3) is 0 Å². The quantitative estimate of drug-likeness (QED) is 0.351. The Morgan fingerprint density at radius 1 is 0.576 bits per heavy atom. The summed E-state index contributed by atoms with van der Waals surface area (Å²) in [6.07, 6.45) is 1.84. The first-order chi connectivity index (χ1) is 15.3. The van der Waals surface area contributed by atoms with Crippen LogP contribution in [0, 0.1) is 20.8 Å². The van der Waals surface area contributed by atoms with Crippen LogP contribution in [0.5, 0.6) is 17.2 Å². The normalized spacial score (nSPS) is 12.4. The molecule has 0 saturated carbocycles. The third kappa shape index (κ3) is 5.52. The Morgan fingerprint density at radius 3 is 1.30 bits per heavy atom. The van der Waals surface area contributed by atoms with Crippen LogP contribution in [0.3, 0.4) is 0 Å². The summed E-state index contributed by atoms with van der Waals surface area (Å²) in [5.74, 6) is 1.21. The topological polar surface area (TPSA) is 60.7 Å². The highest BCUT2D eigenvalue weighted by molar-refractivity contribution is 5.41. The lowest BCUT2D eigenvalue weighted by Gasteiger charge is -2.36. The zero-order chi connectivity index (χ0) is 24.6. The van der Waals surface area contributed by atoms with Gasteiger partial charge in [0.2, 0.25) is 0 Å². The van der Waals surface area contributed by atoms with Crippen LogP contribution in [-0.2, 0) is 10.8 Å². The lowest BCUT2D eigenvalue weighted by molar-refractivity contribution is 0.348. The summed E-state index contributed by atoms with van der Waals surface area (Å²) in [6.45, 7) is 14.9. The van der Waals surface area contributed by atoms with Crippen molar-refractivity contribution in [2.24, 2.45) is 0 Å². The molecule has 0 amide bonds. The summed E-state index contributed by atoms with van der Waals surface area (Å²) in [5, 5.41) is 30.1. The molecule has 0 radical (unpaired) electrons. The van der Waals surface area contributed by atoms with E-state index in [-0.39, 0.29) is 16.7 Å². The summed E-state index contributed by atoms with van der Waals surface area (Å²) >= 11 is 0. The van der Waals surface area contributed by atoms with Crippen LogP contribution in [0.1, 0.15) is 79.8 Å².